The molecule has 0 radical (unpaired) electrons. The van der Waals surface area contributed by atoms with Crippen LogP contribution >= 0.6 is 23.2 Å². The number of nitrogens with zero attached hydrogens (tertiary/aromatic N) is 1. The molecule has 1 N–H and O–H groups in total. The van der Waals surface area contributed by atoms with Crippen molar-refractivity contribution in [2.75, 3.05) is 32.8 Å². The molecule has 2 aromatic rings. The Labute approximate surface area is 171 Å². The fourth-order valence-electron chi connectivity index (χ4n) is 3.89. The summed E-state index contributed by atoms with van der Waals surface area (Å²) >= 11 is 12.2. The van der Waals surface area contributed by atoms with Gasteiger partial charge in [0, 0.05) is 35.6 Å². The highest BCUT2D eigenvalue weighted by Gasteiger charge is 2.43. The van der Waals surface area contributed by atoms with Gasteiger partial charge in [0.25, 0.3) is 0 Å². The highest BCUT2D eigenvalue weighted by Crippen LogP contribution is 2.43. The van der Waals surface area contributed by atoms with Crippen molar-refractivity contribution in [1.82, 2.24) is 4.90 Å². The van der Waals surface area contributed by atoms with E-state index in [9.17, 15) is 5.11 Å². The quantitative estimate of drug-likeness (QED) is 0.734. The molecule has 1 aliphatic rings. The van der Waals surface area contributed by atoms with E-state index in [-0.39, 0.29) is 11.8 Å². The number of aliphatic hydroxyl groups is 1. The molecule has 27 heavy (non-hydrogen) atoms. The number of hydrogen-bond donors (Lipinski definition) is 1. The number of benzene rings is 2. The Kier molecular flexibility index (Phi) is 6.83. The normalized spacial score (nSPS) is 19.0. The molecule has 5 heteroatoms. The smallest absolute Gasteiger partial charge is 0.0999 e. The van der Waals surface area contributed by atoms with E-state index in [1.807, 2.05) is 48.5 Å². The van der Waals surface area contributed by atoms with E-state index in [1.165, 1.54) is 0 Å². The van der Waals surface area contributed by atoms with Crippen LogP contribution < -0.4 is 0 Å². The van der Waals surface area contributed by atoms with Crippen molar-refractivity contribution in [2.45, 2.75) is 25.4 Å². The molecule has 146 valence electrons. The van der Waals surface area contributed by atoms with Crippen LogP contribution in [0.15, 0.2) is 48.5 Å². The topological polar surface area (TPSA) is 32.7 Å². The number of hydrogen-bond acceptors (Lipinski definition) is 3. The predicted octanol–water partition coefficient (Wildman–Crippen LogP) is 4.95. The van der Waals surface area contributed by atoms with E-state index in [2.05, 4.69) is 18.7 Å². The van der Waals surface area contributed by atoms with Crippen molar-refractivity contribution >= 4 is 23.2 Å². The maximum atomic E-state index is 12.0. The molecule has 2 atom stereocenters. The van der Waals surface area contributed by atoms with Crippen molar-refractivity contribution in [1.29, 1.82) is 0 Å². The fraction of sp³-hybridized carbons (Fsp3) is 0.455. The van der Waals surface area contributed by atoms with Gasteiger partial charge in [0.1, 0.15) is 0 Å². The molecule has 1 heterocycles. The molecule has 0 aliphatic carbocycles. The van der Waals surface area contributed by atoms with Gasteiger partial charge in [-0.15, -0.1) is 0 Å². The van der Waals surface area contributed by atoms with Crippen LogP contribution in [0.3, 0.4) is 0 Å². The lowest BCUT2D eigenvalue weighted by Gasteiger charge is -2.43. The molecular formula is C22H27Cl2NO2. The van der Waals surface area contributed by atoms with Crippen LogP contribution in [0.1, 0.15) is 30.9 Å². The van der Waals surface area contributed by atoms with Crippen molar-refractivity contribution in [2.24, 2.45) is 5.92 Å². The highest BCUT2D eigenvalue weighted by atomic mass is 35.5. The van der Waals surface area contributed by atoms with E-state index >= 15 is 0 Å². The van der Waals surface area contributed by atoms with Gasteiger partial charge in [0.05, 0.1) is 18.8 Å². The summed E-state index contributed by atoms with van der Waals surface area (Å²) in [5, 5.41) is 13.4. The van der Waals surface area contributed by atoms with Crippen LogP contribution in [0.5, 0.6) is 0 Å². The third-order valence-corrected chi connectivity index (χ3v) is 6.04. The van der Waals surface area contributed by atoms with Crippen LogP contribution in [-0.4, -0.2) is 42.9 Å². The maximum Gasteiger partial charge on any atom is 0.0999 e. The highest BCUT2D eigenvalue weighted by molar-refractivity contribution is 6.30. The Bertz CT molecular complexity index is 727. The minimum absolute atomic E-state index is 0.0143. The van der Waals surface area contributed by atoms with Gasteiger partial charge in [0.15, 0.2) is 0 Å². The summed E-state index contributed by atoms with van der Waals surface area (Å²) in [6.07, 6.45) is 0. The van der Waals surface area contributed by atoms with Crippen LogP contribution in [0.2, 0.25) is 10.0 Å². The molecule has 0 saturated carbocycles. The molecule has 0 aromatic heterocycles. The van der Waals surface area contributed by atoms with Crippen LogP contribution in [0.25, 0.3) is 0 Å². The Balaban J connectivity index is 2.03. The van der Waals surface area contributed by atoms with E-state index in [4.69, 9.17) is 27.9 Å². The Morgan fingerprint density at radius 3 is 2.00 bits per heavy atom. The molecule has 0 bridgehead atoms. The van der Waals surface area contributed by atoms with Gasteiger partial charge < -0.3 is 9.84 Å². The molecule has 0 amide bonds. The molecule has 1 fully saturated rings. The van der Waals surface area contributed by atoms with Gasteiger partial charge in [-0.25, -0.2) is 0 Å². The second-order valence-electron chi connectivity index (χ2n) is 7.50. The van der Waals surface area contributed by atoms with Crippen molar-refractivity contribution in [3.63, 3.8) is 0 Å². The zero-order valence-electron chi connectivity index (χ0n) is 15.9. The molecular weight excluding hydrogens is 381 g/mol. The summed E-state index contributed by atoms with van der Waals surface area (Å²) in [7, 11) is 0. The molecule has 0 unspecified atom stereocenters. The maximum absolute atomic E-state index is 12.0. The number of halogens is 2. The molecule has 1 saturated heterocycles. The third-order valence-electron chi connectivity index (χ3n) is 5.53. The lowest BCUT2D eigenvalue weighted by Crippen LogP contribution is -2.47. The summed E-state index contributed by atoms with van der Waals surface area (Å²) in [6, 6.07) is 15.4. The predicted molar refractivity (Wildman–Crippen MR) is 112 cm³/mol. The summed E-state index contributed by atoms with van der Waals surface area (Å²) in [4.78, 5) is 2.37. The Morgan fingerprint density at radius 2 is 1.48 bits per heavy atom. The number of ether oxygens (including phenoxy) is 1. The van der Waals surface area contributed by atoms with Gasteiger partial charge in [-0.3, -0.25) is 4.90 Å². The lowest BCUT2D eigenvalue weighted by molar-refractivity contribution is -0.0547. The van der Waals surface area contributed by atoms with Gasteiger partial charge in [-0.05, 0) is 41.3 Å². The van der Waals surface area contributed by atoms with Crippen LogP contribution in [0, 0.1) is 5.92 Å². The van der Waals surface area contributed by atoms with Crippen molar-refractivity contribution in [3.8, 4) is 0 Å². The summed E-state index contributed by atoms with van der Waals surface area (Å²) in [5.41, 5.74) is 0.934. The van der Waals surface area contributed by atoms with Crippen LogP contribution in [-0.2, 0) is 10.3 Å². The van der Waals surface area contributed by atoms with Crippen LogP contribution in [0.4, 0.5) is 0 Å². The van der Waals surface area contributed by atoms with Crippen molar-refractivity contribution < 1.29 is 9.84 Å². The van der Waals surface area contributed by atoms with Crippen molar-refractivity contribution in [3.05, 3.63) is 69.7 Å². The standard InChI is InChI=1S/C22H27Cl2NO2/c1-16(2)22(26,18-5-9-20(24)10-6-18)21(15-25-11-13-27-14-12-25)17-3-7-19(23)8-4-17/h3-10,16,21,26H,11-15H2,1-2H3/t21-,22+/m1/s1. The first kappa shape index (κ1) is 20.6. The Hall–Kier alpha value is -1.10. The average molecular weight is 408 g/mol. The second kappa shape index (κ2) is 8.93. The summed E-state index contributed by atoms with van der Waals surface area (Å²) in [5.74, 6) is -0.0885. The number of rotatable bonds is 6. The summed E-state index contributed by atoms with van der Waals surface area (Å²) in [6.45, 7) is 8.09. The lowest BCUT2D eigenvalue weighted by atomic mass is 9.70. The zero-order valence-corrected chi connectivity index (χ0v) is 17.4. The fourth-order valence-corrected chi connectivity index (χ4v) is 4.14. The molecule has 3 nitrogen and oxygen atoms in total. The SMILES string of the molecule is CC(C)[C@](O)(c1ccc(Cl)cc1)[C@H](CN1CCOCC1)c1ccc(Cl)cc1. The third kappa shape index (κ3) is 4.67. The molecule has 1 aliphatic heterocycles. The first-order valence-electron chi connectivity index (χ1n) is 9.45. The average Bonchev–Trinajstić information content (AvgIpc) is 2.67. The van der Waals surface area contributed by atoms with Gasteiger partial charge in [-0.1, -0.05) is 61.3 Å². The monoisotopic (exact) mass is 407 g/mol. The first-order valence-corrected chi connectivity index (χ1v) is 10.2. The minimum atomic E-state index is -1.03. The van der Waals surface area contributed by atoms with E-state index in [1.54, 1.807) is 0 Å². The largest absolute Gasteiger partial charge is 0.384 e. The molecule has 3 rings (SSSR count). The minimum Gasteiger partial charge on any atom is -0.384 e. The van der Waals surface area contributed by atoms with E-state index in [0.717, 1.165) is 44.0 Å². The second-order valence-corrected chi connectivity index (χ2v) is 8.38. The molecule has 0 spiro atoms. The molecule has 2 aromatic carbocycles. The van der Waals surface area contributed by atoms with Gasteiger partial charge in [-0.2, -0.15) is 0 Å². The number of morpholine rings is 1. The summed E-state index contributed by atoms with van der Waals surface area (Å²) < 4.78 is 5.50. The van der Waals surface area contributed by atoms with E-state index < -0.39 is 5.60 Å². The van der Waals surface area contributed by atoms with E-state index in [0.29, 0.717) is 10.0 Å². The Morgan fingerprint density at radius 1 is 0.963 bits per heavy atom. The first-order chi connectivity index (χ1) is 12.9. The van der Waals surface area contributed by atoms with Gasteiger partial charge >= 0.3 is 0 Å². The van der Waals surface area contributed by atoms with Gasteiger partial charge in [0.2, 0.25) is 0 Å². The zero-order chi connectivity index (χ0) is 19.4.